The molecule has 0 aliphatic heterocycles. The lowest BCUT2D eigenvalue weighted by Crippen LogP contribution is -1.83. The van der Waals surface area contributed by atoms with Crippen molar-refractivity contribution in [2.45, 2.75) is 13.8 Å². The minimum Gasteiger partial charge on any atom is -0.353 e. The summed E-state index contributed by atoms with van der Waals surface area (Å²) in [6, 6.07) is 7.66. The SMILES string of the molecule is Cc1ccc(-c2cc(C=O)on2)cc1C. The molecule has 0 saturated heterocycles. The van der Waals surface area contributed by atoms with E-state index in [0.717, 1.165) is 5.56 Å². The minimum atomic E-state index is 0.253. The molecule has 0 amide bonds. The second kappa shape index (κ2) is 3.69. The molecule has 0 aliphatic rings. The summed E-state index contributed by atoms with van der Waals surface area (Å²) in [5, 5.41) is 3.82. The van der Waals surface area contributed by atoms with Gasteiger partial charge in [0.15, 0.2) is 12.0 Å². The van der Waals surface area contributed by atoms with E-state index in [-0.39, 0.29) is 5.76 Å². The molecule has 1 aromatic heterocycles. The number of rotatable bonds is 2. The molecule has 1 heterocycles. The number of hydrogen-bond donors (Lipinski definition) is 0. The predicted molar refractivity (Wildman–Crippen MR) is 56.8 cm³/mol. The summed E-state index contributed by atoms with van der Waals surface area (Å²) in [4.78, 5) is 10.4. The number of carbonyl (C=O) groups excluding carboxylic acids is 1. The third kappa shape index (κ3) is 1.81. The molecule has 15 heavy (non-hydrogen) atoms. The summed E-state index contributed by atoms with van der Waals surface area (Å²) < 4.78 is 4.82. The molecule has 0 saturated carbocycles. The molecule has 0 atom stereocenters. The van der Waals surface area contributed by atoms with Crippen LogP contribution in [0.2, 0.25) is 0 Å². The Hall–Kier alpha value is -1.90. The molecular formula is C12H11NO2. The van der Waals surface area contributed by atoms with Gasteiger partial charge in [0.05, 0.1) is 0 Å². The summed E-state index contributed by atoms with van der Waals surface area (Å²) in [5.41, 5.74) is 4.09. The molecular weight excluding hydrogens is 190 g/mol. The molecule has 0 bridgehead atoms. The third-order valence-corrected chi connectivity index (χ3v) is 2.45. The highest BCUT2D eigenvalue weighted by Crippen LogP contribution is 2.21. The van der Waals surface area contributed by atoms with Crippen molar-refractivity contribution in [2.75, 3.05) is 0 Å². The Labute approximate surface area is 87.7 Å². The Bertz CT molecular complexity index is 500. The molecule has 0 N–H and O–H groups in total. The van der Waals surface area contributed by atoms with Crippen LogP contribution in [0.3, 0.4) is 0 Å². The van der Waals surface area contributed by atoms with Crippen molar-refractivity contribution in [3.63, 3.8) is 0 Å². The first-order valence-electron chi connectivity index (χ1n) is 4.70. The fourth-order valence-corrected chi connectivity index (χ4v) is 1.38. The molecule has 3 nitrogen and oxygen atoms in total. The summed E-state index contributed by atoms with van der Waals surface area (Å²) >= 11 is 0. The largest absolute Gasteiger partial charge is 0.353 e. The smallest absolute Gasteiger partial charge is 0.199 e. The highest BCUT2D eigenvalue weighted by atomic mass is 16.5. The predicted octanol–water partition coefficient (Wildman–Crippen LogP) is 2.77. The number of aldehydes is 1. The highest BCUT2D eigenvalue weighted by molar-refractivity contribution is 5.74. The van der Waals surface area contributed by atoms with E-state index >= 15 is 0 Å². The van der Waals surface area contributed by atoms with E-state index in [1.54, 1.807) is 6.07 Å². The minimum absolute atomic E-state index is 0.253. The van der Waals surface area contributed by atoms with E-state index in [2.05, 4.69) is 12.1 Å². The molecule has 2 aromatic rings. The number of benzene rings is 1. The first kappa shape index (κ1) is 9.65. The molecule has 2 rings (SSSR count). The van der Waals surface area contributed by atoms with Crippen molar-refractivity contribution in [2.24, 2.45) is 0 Å². The van der Waals surface area contributed by atoms with Gasteiger partial charge in [0.1, 0.15) is 5.69 Å². The Morgan fingerprint density at radius 2 is 2.00 bits per heavy atom. The average molecular weight is 201 g/mol. The fraction of sp³-hybridized carbons (Fsp3) is 0.167. The molecule has 76 valence electrons. The lowest BCUT2D eigenvalue weighted by molar-refractivity contribution is 0.109. The van der Waals surface area contributed by atoms with Crippen molar-refractivity contribution in [3.8, 4) is 11.3 Å². The van der Waals surface area contributed by atoms with Crippen LogP contribution in [0.15, 0.2) is 28.8 Å². The monoisotopic (exact) mass is 201 g/mol. The van der Waals surface area contributed by atoms with E-state index in [9.17, 15) is 4.79 Å². The zero-order chi connectivity index (χ0) is 10.8. The topological polar surface area (TPSA) is 43.1 Å². The molecule has 0 fully saturated rings. The number of aryl methyl sites for hydroxylation is 2. The van der Waals surface area contributed by atoms with E-state index in [4.69, 9.17) is 4.52 Å². The number of aromatic nitrogens is 1. The molecule has 3 heteroatoms. The number of carbonyl (C=O) groups is 1. The van der Waals surface area contributed by atoms with Gasteiger partial charge < -0.3 is 4.52 Å². The van der Waals surface area contributed by atoms with Gasteiger partial charge in [0.2, 0.25) is 0 Å². The van der Waals surface area contributed by atoms with Crippen LogP contribution in [-0.4, -0.2) is 11.4 Å². The Morgan fingerprint density at radius 3 is 2.60 bits per heavy atom. The Kier molecular flexibility index (Phi) is 2.37. The first-order chi connectivity index (χ1) is 7.20. The molecule has 0 radical (unpaired) electrons. The van der Waals surface area contributed by atoms with Gasteiger partial charge in [-0.15, -0.1) is 0 Å². The summed E-state index contributed by atoms with van der Waals surface area (Å²) in [6.07, 6.45) is 0.650. The van der Waals surface area contributed by atoms with Crippen molar-refractivity contribution in [1.29, 1.82) is 0 Å². The van der Waals surface area contributed by atoms with E-state index in [0.29, 0.717) is 12.0 Å². The van der Waals surface area contributed by atoms with Crippen LogP contribution in [0.5, 0.6) is 0 Å². The molecule has 0 spiro atoms. The van der Waals surface area contributed by atoms with Crippen molar-refractivity contribution in [1.82, 2.24) is 5.16 Å². The van der Waals surface area contributed by atoms with Crippen LogP contribution in [-0.2, 0) is 0 Å². The summed E-state index contributed by atoms with van der Waals surface area (Å²) in [6.45, 7) is 4.10. The van der Waals surface area contributed by atoms with Crippen molar-refractivity contribution in [3.05, 3.63) is 41.2 Å². The van der Waals surface area contributed by atoms with Crippen LogP contribution in [0, 0.1) is 13.8 Å². The standard InChI is InChI=1S/C12H11NO2/c1-8-3-4-10(5-9(8)2)12-6-11(7-14)15-13-12/h3-7H,1-2H3. The highest BCUT2D eigenvalue weighted by Gasteiger charge is 2.06. The molecule has 0 aliphatic carbocycles. The first-order valence-corrected chi connectivity index (χ1v) is 4.70. The second-order valence-electron chi connectivity index (χ2n) is 3.53. The van der Waals surface area contributed by atoms with Gasteiger partial charge in [-0.1, -0.05) is 17.3 Å². The normalized spacial score (nSPS) is 10.3. The van der Waals surface area contributed by atoms with Gasteiger partial charge in [-0.2, -0.15) is 0 Å². The quantitative estimate of drug-likeness (QED) is 0.701. The maximum atomic E-state index is 10.4. The van der Waals surface area contributed by atoms with Gasteiger partial charge in [-0.3, -0.25) is 4.79 Å². The van der Waals surface area contributed by atoms with Crippen LogP contribution in [0.1, 0.15) is 21.7 Å². The maximum absolute atomic E-state index is 10.4. The fourth-order valence-electron chi connectivity index (χ4n) is 1.38. The van der Waals surface area contributed by atoms with E-state index in [1.807, 2.05) is 25.1 Å². The van der Waals surface area contributed by atoms with E-state index < -0.39 is 0 Å². The lowest BCUT2D eigenvalue weighted by Gasteiger charge is -2.01. The van der Waals surface area contributed by atoms with Crippen LogP contribution >= 0.6 is 0 Å². The van der Waals surface area contributed by atoms with Crippen LogP contribution < -0.4 is 0 Å². The zero-order valence-corrected chi connectivity index (χ0v) is 8.65. The number of nitrogens with zero attached hydrogens (tertiary/aromatic N) is 1. The van der Waals surface area contributed by atoms with Gasteiger partial charge in [0, 0.05) is 11.6 Å². The van der Waals surface area contributed by atoms with Gasteiger partial charge in [0.25, 0.3) is 0 Å². The van der Waals surface area contributed by atoms with Crippen LogP contribution in [0.4, 0.5) is 0 Å². The molecule has 1 aromatic carbocycles. The summed E-state index contributed by atoms with van der Waals surface area (Å²) in [5.74, 6) is 0.253. The van der Waals surface area contributed by atoms with Crippen LogP contribution in [0.25, 0.3) is 11.3 Å². The maximum Gasteiger partial charge on any atom is 0.199 e. The van der Waals surface area contributed by atoms with E-state index in [1.165, 1.54) is 11.1 Å². The van der Waals surface area contributed by atoms with Gasteiger partial charge in [-0.05, 0) is 31.0 Å². The zero-order valence-electron chi connectivity index (χ0n) is 8.65. The van der Waals surface area contributed by atoms with Crippen molar-refractivity contribution < 1.29 is 9.32 Å². The van der Waals surface area contributed by atoms with Gasteiger partial charge in [-0.25, -0.2) is 0 Å². The molecule has 0 unspecified atom stereocenters. The Morgan fingerprint density at radius 1 is 1.20 bits per heavy atom. The summed E-state index contributed by atoms with van der Waals surface area (Å²) in [7, 11) is 0. The number of hydrogen-bond acceptors (Lipinski definition) is 3. The average Bonchev–Trinajstić information content (AvgIpc) is 2.70. The third-order valence-electron chi connectivity index (χ3n) is 2.45. The van der Waals surface area contributed by atoms with Gasteiger partial charge >= 0.3 is 0 Å². The second-order valence-corrected chi connectivity index (χ2v) is 3.53. The Balaban J connectivity index is 2.44. The lowest BCUT2D eigenvalue weighted by atomic mass is 10.0. The van der Waals surface area contributed by atoms with Crippen molar-refractivity contribution >= 4 is 6.29 Å².